The molecule has 0 aliphatic carbocycles. The molecule has 164 valence electrons. The fourth-order valence-electron chi connectivity index (χ4n) is 3.05. The van der Waals surface area contributed by atoms with Crippen LogP contribution in [0.15, 0.2) is 35.4 Å². The highest BCUT2D eigenvalue weighted by Gasteiger charge is 2.20. The van der Waals surface area contributed by atoms with E-state index in [2.05, 4.69) is 15.6 Å². The number of nitrogens with zero attached hydrogens (tertiary/aromatic N) is 3. The molecule has 0 atom stereocenters. The molecule has 0 bridgehead atoms. The van der Waals surface area contributed by atoms with E-state index in [0.717, 1.165) is 0 Å². The predicted molar refractivity (Wildman–Crippen MR) is 121 cm³/mol. The molecule has 31 heavy (non-hydrogen) atoms. The second-order valence-corrected chi connectivity index (χ2v) is 8.22. The van der Waals surface area contributed by atoms with Crippen molar-refractivity contribution < 1.29 is 14.3 Å². The number of hydrogen-bond acceptors (Lipinski definition) is 7. The summed E-state index contributed by atoms with van der Waals surface area (Å²) in [7, 11) is 5.36. The summed E-state index contributed by atoms with van der Waals surface area (Å²) in [6.45, 7) is 2.73. The average Bonchev–Trinajstić information content (AvgIpc) is 3.07. The van der Waals surface area contributed by atoms with E-state index in [1.165, 1.54) is 29.3 Å². The second-order valence-electron chi connectivity index (χ2n) is 7.22. The third kappa shape index (κ3) is 5.09. The molecular weight excluding hydrogens is 418 g/mol. The normalized spacial score (nSPS) is 11.0. The largest absolute Gasteiger partial charge is 0.495 e. The van der Waals surface area contributed by atoms with Gasteiger partial charge in [-0.05, 0) is 38.7 Å². The fourth-order valence-corrected chi connectivity index (χ4v) is 4.11. The Labute approximate surface area is 183 Å². The molecule has 1 aromatic carbocycles. The first kappa shape index (κ1) is 22.4. The molecule has 3 aromatic rings. The summed E-state index contributed by atoms with van der Waals surface area (Å²) >= 11 is 1.17. The summed E-state index contributed by atoms with van der Waals surface area (Å²) in [4.78, 5) is 45.2. The minimum absolute atomic E-state index is 0.209. The Kier molecular flexibility index (Phi) is 7.03. The molecule has 2 N–H and O–H groups in total. The van der Waals surface area contributed by atoms with Crippen LogP contribution in [0.5, 0.6) is 5.75 Å². The van der Waals surface area contributed by atoms with Crippen LogP contribution in [0.1, 0.15) is 15.2 Å². The summed E-state index contributed by atoms with van der Waals surface area (Å²) in [6, 6.07) is 7.02. The number of likely N-dealkylation sites (N-methyl/N-ethyl adjacent to an activating group) is 1. The molecule has 0 fully saturated rings. The number of fused-ring (bicyclic) bond motifs is 1. The fraction of sp³-hybridized carbons (Fsp3) is 0.333. The van der Waals surface area contributed by atoms with E-state index in [1.54, 1.807) is 31.2 Å². The number of amides is 2. The van der Waals surface area contributed by atoms with Gasteiger partial charge >= 0.3 is 0 Å². The zero-order valence-electron chi connectivity index (χ0n) is 17.9. The van der Waals surface area contributed by atoms with Gasteiger partial charge in [0.25, 0.3) is 11.5 Å². The van der Waals surface area contributed by atoms with Crippen molar-refractivity contribution >= 4 is 39.1 Å². The van der Waals surface area contributed by atoms with Crippen LogP contribution in [0.25, 0.3) is 10.2 Å². The van der Waals surface area contributed by atoms with Gasteiger partial charge in [-0.3, -0.25) is 19.0 Å². The number of carbonyl (C=O) groups is 2. The van der Waals surface area contributed by atoms with Gasteiger partial charge in [-0.2, -0.15) is 0 Å². The molecule has 0 aliphatic heterocycles. The van der Waals surface area contributed by atoms with E-state index in [9.17, 15) is 14.4 Å². The van der Waals surface area contributed by atoms with Gasteiger partial charge in [0.15, 0.2) is 0 Å². The number of nitrogens with one attached hydrogen (secondary N) is 2. The number of thiophene rings is 1. The average molecular weight is 444 g/mol. The predicted octanol–water partition coefficient (Wildman–Crippen LogP) is 1.71. The third-order valence-corrected chi connectivity index (χ3v) is 5.86. The van der Waals surface area contributed by atoms with Crippen molar-refractivity contribution in [1.82, 2.24) is 19.8 Å². The summed E-state index contributed by atoms with van der Waals surface area (Å²) in [5, 5.41) is 5.95. The number of aryl methyl sites for hydroxylation is 1. The van der Waals surface area contributed by atoms with Crippen LogP contribution >= 0.6 is 11.3 Å². The van der Waals surface area contributed by atoms with E-state index >= 15 is 0 Å². The SMILES string of the molecule is COc1ccccc1NC(=O)Cn1cnc2sc(C(=O)NCCN(C)C)c(C)c2c1=O. The lowest BCUT2D eigenvalue weighted by Crippen LogP contribution is -2.31. The number of methoxy groups -OCH3 is 1. The van der Waals surface area contributed by atoms with Crippen LogP contribution in [0.4, 0.5) is 5.69 Å². The summed E-state index contributed by atoms with van der Waals surface area (Å²) < 4.78 is 6.46. The van der Waals surface area contributed by atoms with Gasteiger partial charge in [-0.25, -0.2) is 4.98 Å². The highest BCUT2D eigenvalue weighted by atomic mass is 32.1. The maximum absolute atomic E-state index is 13.0. The van der Waals surface area contributed by atoms with Gasteiger partial charge in [-0.1, -0.05) is 12.1 Å². The van der Waals surface area contributed by atoms with E-state index in [-0.39, 0.29) is 23.9 Å². The molecule has 0 aliphatic rings. The number of aromatic nitrogens is 2. The Morgan fingerprint density at radius 3 is 2.71 bits per heavy atom. The van der Waals surface area contributed by atoms with E-state index < -0.39 is 0 Å². The van der Waals surface area contributed by atoms with Crippen molar-refractivity contribution in [3.8, 4) is 5.75 Å². The first-order chi connectivity index (χ1) is 14.8. The van der Waals surface area contributed by atoms with Crippen molar-refractivity contribution in [2.45, 2.75) is 13.5 Å². The topological polar surface area (TPSA) is 106 Å². The Bertz CT molecular complexity index is 1170. The minimum atomic E-state index is -0.387. The molecule has 2 aromatic heterocycles. The van der Waals surface area contributed by atoms with Crippen molar-refractivity contribution in [3.63, 3.8) is 0 Å². The smallest absolute Gasteiger partial charge is 0.262 e. The monoisotopic (exact) mass is 443 g/mol. The molecule has 0 unspecified atom stereocenters. The molecule has 2 amide bonds. The minimum Gasteiger partial charge on any atom is -0.495 e. The van der Waals surface area contributed by atoms with Crippen molar-refractivity contribution in [3.05, 3.63) is 51.4 Å². The van der Waals surface area contributed by atoms with E-state index in [1.807, 2.05) is 19.0 Å². The van der Waals surface area contributed by atoms with Crippen LogP contribution in [0.3, 0.4) is 0 Å². The Morgan fingerprint density at radius 2 is 2.00 bits per heavy atom. The van der Waals surface area contributed by atoms with Crippen LogP contribution in [-0.4, -0.2) is 60.6 Å². The van der Waals surface area contributed by atoms with Crippen LogP contribution in [0.2, 0.25) is 0 Å². The molecule has 0 saturated carbocycles. The summed E-state index contributed by atoms with van der Waals surface area (Å²) in [5.41, 5.74) is 0.723. The van der Waals surface area contributed by atoms with Gasteiger partial charge in [0.1, 0.15) is 17.1 Å². The molecule has 3 rings (SSSR count). The molecule has 0 saturated heterocycles. The number of benzene rings is 1. The van der Waals surface area contributed by atoms with Crippen LogP contribution in [-0.2, 0) is 11.3 Å². The summed E-state index contributed by atoms with van der Waals surface area (Å²) in [5.74, 6) is -0.0973. The Balaban J connectivity index is 1.81. The van der Waals surface area contributed by atoms with Gasteiger partial charge < -0.3 is 20.3 Å². The highest BCUT2D eigenvalue weighted by Crippen LogP contribution is 2.27. The summed E-state index contributed by atoms with van der Waals surface area (Å²) in [6.07, 6.45) is 1.33. The second kappa shape index (κ2) is 9.71. The standard InChI is InChI=1S/C21H25N5O4S/c1-13-17-20(31-18(13)19(28)22-9-10-25(2)3)23-12-26(21(17)29)11-16(27)24-14-7-5-6-8-15(14)30-4/h5-8,12H,9-11H2,1-4H3,(H,22,28)(H,24,27). The number of carbonyl (C=O) groups excluding carboxylic acids is 2. The quantitative estimate of drug-likeness (QED) is 0.549. The van der Waals surface area contributed by atoms with Crippen LogP contribution < -0.4 is 20.9 Å². The molecular formula is C21H25N5O4S. The zero-order valence-corrected chi connectivity index (χ0v) is 18.7. The number of rotatable bonds is 8. The van der Waals surface area contributed by atoms with Gasteiger partial charge in [0.2, 0.25) is 5.91 Å². The lowest BCUT2D eigenvalue weighted by atomic mass is 10.2. The first-order valence-corrected chi connectivity index (χ1v) is 10.5. The lowest BCUT2D eigenvalue weighted by molar-refractivity contribution is -0.116. The van der Waals surface area contributed by atoms with E-state index in [4.69, 9.17) is 4.74 Å². The molecule has 2 heterocycles. The number of hydrogen-bond donors (Lipinski definition) is 2. The maximum Gasteiger partial charge on any atom is 0.262 e. The van der Waals surface area contributed by atoms with E-state index in [0.29, 0.717) is 45.2 Å². The van der Waals surface area contributed by atoms with Gasteiger partial charge in [0, 0.05) is 13.1 Å². The zero-order chi connectivity index (χ0) is 22.5. The van der Waals surface area contributed by atoms with Gasteiger partial charge in [-0.15, -0.1) is 11.3 Å². The Morgan fingerprint density at radius 1 is 1.26 bits per heavy atom. The van der Waals surface area contributed by atoms with Crippen molar-refractivity contribution in [1.29, 1.82) is 0 Å². The van der Waals surface area contributed by atoms with Crippen LogP contribution in [0, 0.1) is 6.92 Å². The highest BCUT2D eigenvalue weighted by molar-refractivity contribution is 7.20. The van der Waals surface area contributed by atoms with Crippen molar-refractivity contribution in [2.24, 2.45) is 0 Å². The first-order valence-electron chi connectivity index (χ1n) is 9.66. The maximum atomic E-state index is 13.0. The number of para-hydroxylation sites is 2. The number of anilines is 1. The third-order valence-electron chi connectivity index (χ3n) is 4.66. The Hall–Kier alpha value is -3.24. The lowest BCUT2D eigenvalue weighted by Gasteiger charge is -2.10. The van der Waals surface area contributed by atoms with Crippen molar-refractivity contribution in [2.75, 3.05) is 39.6 Å². The number of ether oxygens (including phenoxy) is 1. The van der Waals surface area contributed by atoms with Gasteiger partial charge in [0.05, 0.1) is 29.4 Å². The molecule has 0 spiro atoms. The molecule has 9 nitrogen and oxygen atoms in total. The molecule has 10 heteroatoms. The molecule has 0 radical (unpaired) electrons.